The first-order valence-electron chi connectivity index (χ1n) is 4.55. The highest BCUT2D eigenvalue weighted by molar-refractivity contribution is 5.73. The van der Waals surface area contributed by atoms with Gasteiger partial charge in [-0.3, -0.25) is 4.79 Å². The molecule has 2 nitrogen and oxygen atoms in total. The molecular formula is C9H21NO. The average Bonchev–Trinajstić information content (AvgIpc) is 2.02. The molecule has 0 heterocycles. The molecule has 0 saturated heterocycles. The summed E-state index contributed by atoms with van der Waals surface area (Å²) in [6.07, 6.45) is 5.08. The van der Waals surface area contributed by atoms with Crippen LogP contribution in [0.15, 0.2) is 0 Å². The quantitative estimate of drug-likeness (QED) is 0.615. The molecule has 0 spiro atoms. The zero-order chi connectivity index (χ0) is 9.11. The molecule has 0 saturated carbocycles. The first kappa shape index (κ1) is 13.1. The van der Waals surface area contributed by atoms with Crippen LogP contribution in [0.1, 0.15) is 52.9 Å². The van der Waals surface area contributed by atoms with Gasteiger partial charge in [0.25, 0.3) is 0 Å². The second kappa shape index (κ2) is 12.2. The van der Waals surface area contributed by atoms with E-state index in [1.807, 2.05) is 13.8 Å². The Kier molecular flexibility index (Phi) is 14.5. The van der Waals surface area contributed by atoms with E-state index in [1.165, 1.54) is 12.8 Å². The maximum absolute atomic E-state index is 10.2. The summed E-state index contributed by atoms with van der Waals surface area (Å²) in [5.41, 5.74) is 4.94. The van der Waals surface area contributed by atoms with Crippen LogP contribution in [0.25, 0.3) is 0 Å². The number of hydrogen-bond donors (Lipinski definition) is 1. The summed E-state index contributed by atoms with van der Waals surface area (Å²) in [4.78, 5) is 10.2. The summed E-state index contributed by atoms with van der Waals surface area (Å²) in [5.74, 6) is -0.175. The van der Waals surface area contributed by atoms with E-state index >= 15 is 0 Å². The van der Waals surface area contributed by atoms with Crippen molar-refractivity contribution in [3.63, 3.8) is 0 Å². The molecule has 1 amide bonds. The van der Waals surface area contributed by atoms with Gasteiger partial charge in [-0.05, 0) is 6.42 Å². The molecule has 0 radical (unpaired) electrons. The minimum Gasteiger partial charge on any atom is -0.370 e. The molecule has 0 aromatic rings. The van der Waals surface area contributed by atoms with Crippen molar-refractivity contribution in [1.82, 2.24) is 0 Å². The first-order chi connectivity index (χ1) is 5.27. The molecule has 0 unspecified atom stereocenters. The average molecular weight is 159 g/mol. The Balaban J connectivity index is 0. The Hall–Kier alpha value is -0.530. The van der Waals surface area contributed by atoms with Crippen molar-refractivity contribution in [3.05, 3.63) is 0 Å². The van der Waals surface area contributed by atoms with E-state index in [0.717, 1.165) is 12.8 Å². The van der Waals surface area contributed by atoms with Crippen molar-refractivity contribution in [1.29, 1.82) is 0 Å². The van der Waals surface area contributed by atoms with Gasteiger partial charge in [0, 0.05) is 6.42 Å². The predicted octanol–water partition coefficient (Wildman–Crippen LogP) is 2.47. The molecule has 0 aromatic heterocycles. The summed E-state index contributed by atoms with van der Waals surface area (Å²) >= 11 is 0. The van der Waals surface area contributed by atoms with Gasteiger partial charge in [-0.15, -0.1) is 0 Å². The van der Waals surface area contributed by atoms with E-state index in [1.54, 1.807) is 0 Å². The summed E-state index contributed by atoms with van der Waals surface area (Å²) < 4.78 is 0. The summed E-state index contributed by atoms with van der Waals surface area (Å²) in [6, 6.07) is 0. The maximum atomic E-state index is 10.2. The smallest absolute Gasteiger partial charge is 0.217 e. The third-order valence-corrected chi connectivity index (χ3v) is 1.28. The van der Waals surface area contributed by atoms with Crippen LogP contribution in [0.4, 0.5) is 0 Å². The topological polar surface area (TPSA) is 43.1 Å². The summed E-state index contributed by atoms with van der Waals surface area (Å²) in [6.45, 7) is 6.14. The minimum absolute atomic E-state index is 0.175. The van der Waals surface area contributed by atoms with Crippen molar-refractivity contribution >= 4 is 5.91 Å². The second-order valence-electron chi connectivity index (χ2n) is 2.28. The third kappa shape index (κ3) is 17.7. The summed E-state index contributed by atoms with van der Waals surface area (Å²) in [5, 5.41) is 0. The number of amides is 1. The Labute approximate surface area is 70.2 Å². The SMILES string of the molecule is CC.CCCCCCC(N)=O. The first-order valence-corrected chi connectivity index (χ1v) is 4.55. The van der Waals surface area contributed by atoms with Crippen LogP contribution >= 0.6 is 0 Å². The minimum atomic E-state index is -0.175. The molecule has 2 N–H and O–H groups in total. The van der Waals surface area contributed by atoms with E-state index in [0.29, 0.717) is 6.42 Å². The van der Waals surface area contributed by atoms with Crippen molar-refractivity contribution in [2.45, 2.75) is 52.9 Å². The molecule has 0 aromatic carbocycles. The van der Waals surface area contributed by atoms with Crippen LogP contribution in [0.3, 0.4) is 0 Å². The molecular weight excluding hydrogens is 138 g/mol. The fourth-order valence-electron chi connectivity index (χ4n) is 0.726. The van der Waals surface area contributed by atoms with Gasteiger partial charge in [0.15, 0.2) is 0 Å². The van der Waals surface area contributed by atoms with E-state index in [9.17, 15) is 4.79 Å². The Morgan fingerprint density at radius 3 is 2.09 bits per heavy atom. The van der Waals surface area contributed by atoms with Crippen molar-refractivity contribution < 1.29 is 4.79 Å². The van der Waals surface area contributed by atoms with Gasteiger partial charge >= 0.3 is 0 Å². The van der Waals surface area contributed by atoms with Gasteiger partial charge in [-0.1, -0.05) is 40.0 Å². The predicted molar refractivity (Wildman–Crippen MR) is 49.3 cm³/mol. The van der Waals surface area contributed by atoms with Gasteiger partial charge in [0.2, 0.25) is 5.91 Å². The van der Waals surface area contributed by atoms with Crippen LogP contribution in [-0.4, -0.2) is 5.91 Å². The van der Waals surface area contributed by atoms with Crippen molar-refractivity contribution in [3.8, 4) is 0 Å². The Morgan fingerprint density at radius 2 is 1.73 bits per heavy atom. The van der Waals surface area contributed by atoms with E-state index in [4.69, 9.17) is 5.73 Å². The van der Waals surface area contributed by atoms with Gasteiger partial charge in [-0.25, -0.2) is 0 Å². The highest BCUT2D eigenvalue weighted by atomic mass is 16.1. The molecule has 11 heavy (non-hydrogen) atoms. The van der Waals surface area contributed by atoms with Crippen LogP contribution in [0, 0.1) is 0 Å². The lowest BCUT2D eigenvalue weighted by Crippen LogP contribution is -2.09. The van der Waals surface area contributed by atoms with Crippen molar-refractivity contribution in [2.24, 2.45) is 5.73 Å². The zero-order valence-electron chi connectivity index (χ0n) is 8.02. The number of carbonyl (C=O) groups is 1. The standard InChI is InChI=1S/C7H15NO.C2H6/c1-2-3-4-5-6-7(8)9;1-2/h2-6H2,1H3,(H2,8,9);1-2H3. The van der Waals surface area contributed by atoms with Crippen LogP contribution < -0.4 is 5.73 Å². The maximum Gasteiger partial charge on any atom is 0.217 e. The molecule has 0 fully saturated rings. The molecule has 2 heteroatoms. The fraction of sp³-hybridized carbons (Fsp3) is 0.889. The highest BCUT2D eigenvalue weighted by Gasteiger charge is 1.91. The Morgan fingerprint density at radius 1 is 1.18 bits per heavy atom. The highest BCUT2D eigenvalue weighted by Crippen LogP contribution is 2.00. The number of carbonyl (C=O) groups excluding carboxylic acids is 1. The van der Waals surface area contributed by atoms with Gasteiger partial charge in [-0.2, -0.15) is 0 Å². The van der Waals surface area contributed by atoms with E-state index in [2.05, 4.69) is 6.92 Å². The molecule has 0 rings (SSSR count). The van der Waals surface area contributed by atoms with Gasteiger partial charge < -0.3 is 5.73 Å². The number of primary amides is 1. The molecule has 0 aliphatic rings. The van der Waals surface area contributed by atoms with Crippen molar-refractivity contribution in [2.75, 3.05) is 0 Å². The number of hydrogen-bond acceptors (Lipinski definition) is 1. The molecule has 0 atom stereocenters. The lowest BCUT2D eigenvalue weighted by atomic mass is 10.1. The molecule has 68 valence electrons. The second-order valence-corrected chi connectivity index (χ2v) is 2.28. The fourth-order valence-corrected chi connectivity index (χ4v) is 0.726. The monoisotopic (exact) mass is 159 g/mol. The molecule has 0 aliphatic heterocycles. The Bertz CT molecular complexity index is 81.6. The van der Waals surface area contributed by atoms with Gasteiger partial charge in [0.1, 0.15) is 0 Å². The number of nitrogens with two attached hydrogens (primary N) is 1. The van der Waals surface area contributed by atoms with Crippen LogP contribution in [0.2, 0.25) is 0 Å². The van der Waals surface area contributed by atoms with Crippen LogP contribution in [-0.2, 0) is 4.79 Å². The van der Waals surface area contributed by atoms with Crippen LogP contribution in [0.5, 0.6) is 0 Å². The molecule has 0 bridgehead atoms. The largest absolute Gasteiger partial charge is 0.370 e. The normalized spacial score (nSPS) is 8.27. The number of unbranched alkanes of at least 4 members (excludes halogenated alkanes) is 3. The lowest BCUT2D eigenvalue weighted by Gasteiger charge is -1.93. The number of rotatable bonds is 5. The summed E-state index contributed by atoms with van der Waals surface area (Å²) in [7, 11) is 0. The van der Waals surface area contributed by atoms with E-state index < -0.39 is 0 Å². The lowest BCUT2D eigenvalue weighted by molar-refractivity contribution is -0.118. The third-order valence-electron chi connectivity index (χ3n) is 1.28. The molecule has 0 aliphatic carbocycles. The zero-order valence-corrected chi connectivity index (χ0v) is 8.02. The van der Waals surface area contributed by atoms with Gasteiger partial charge in [0.05, 0.1) is 0 Å². The van der Waals surface area contributed by atoms with E-state index in [-0.39, 0.29) is 5.91 Å².